The Bertz CT molecular complexity index is 794. The van der Waals surface area contributed by atoms with Crippen molar-refractivity contribution in [3.8, 4) is 5.75 Å². The Labute approximate surface area is 138 Å². The molecular weight excluding hydrogens is 313 g/mol. The number of carbonyl (C=O) groups is 2. The first-order valence-electron chi connectivity index (χ1n) is 7.41. The number of halogens is 1. The summed E-state index contributed by atoms with van der Waals surface area (Å²) in [6, 6.07) is 9.94. The molecule has 0 aliphatic carbocycles. The van der Waals surface area contributed by atoms with Gasteiger partial charge in [-0.15, -0.1) is 0 Å². The molecule has 1 heterocycles. The number of nitrogens with one attached hydrogen (secondary N) is 1. The van der Waals surface area contributed by atoms with Crippen LogP contribution in [0.5, 0.6) is 5.75 Å². The first kappa shape index (κ1) is 15.8. The molecule has 0 saturated heterocycles. The fraction of sp³-hybridized carbons (Fsp3) is 0.176. The number of hydrazine groups is 1. The van der Waals surface area contributed by atoms with Crippen LogP contribution in [0, 0.1) is 5.82 Å². The lowest BCUT2D eigenvalue weighted by Crippen LogP contribution is -2.48. The average molecular weight is 329 g/mol. The molecule has 3 amide bonds. The molecule has 124 valence electrons. The summed E-state index contributed by atoms with van der Waals surface area (Å²) in [6.45, 7) is 0.556. The molecule has 3 rings (SSSR count). The number of benzene rings is 2. The predicted molar refractivity (Wildman–Crippen MR) is 84.6 cm³/mol. The van der Waals surface area contributed by atoms with Gasteiger partial charge in [-0.3, -0.25) is 10.2 Å². The summed E-state index contributed by atoms with van der Waals surface area (Å²) in [5.74, 6) is -0.139. The summed E-state index contributed by atoms with van der Waals surface area (Å²) in [5.41, 5.74) is 9.59. The van der Waals surface area contributed by atoms with Gasteiger partial charge in [-0.25, -0.2) is 14.2 Å². The molecule has 0 fully saturated rings. The van der Waals surface area contributed by atoms with Crippen molar-refractivity contribution in [2.75, 3.05) is 6.61 Å². The lowest BCUT2D eigenvalue weighted by molar-refractivity contribution is 0.0825. The third-order valence-electron chi connectivity index (χ3n) is 3.68. The molecule has 7 heteroatoms. The smallest absolute Gasteiger partial charge is 0.333 e. The zero-order valence-corrected chi connectivity index (χ0v) is 12.8. The third kappa shape index (κ3) is 3.45. The molecule has 0 atom stereocenters. The Morgan fingerprint density at radius 3 is 2.83 bits per heavy atom. The number of primary amides is 1. The summed E-state index contributed by atoms with van der Waals surface area (Å²) < 4.78 is 18.6. The van der Waals surface area contributed by atoms with E-state index in [1.54, 1.807) is 24.3 Å². The maximum absolute atomic E-state index is 13.2. The predicted octanol–water partition coefficient (Wildman–Crippen LogP) is 1.99. The molecule has 0 bridgehead atoms. The van der Waals surface area contributed by atoms with Crippen molar-refractivity contribution in [1.82, 2.24) is 10.4 Å². The van der Waals surface area contributed by atoms with E-state index in [-0.39, 0.29) is 6.54 Å². The van der Waals surface area contributed by atoms with Gasteiger partial charge < -0.3 is 10.5 Å². The molecular formula is C17H16FN3O3. The molecule has 0 aromatic heterocycles. The normalized spacial score (nSPS) is 12.2. The Kier molecular flexibility index (Phi) is 4.33. The number of hydrogen-bond acceptors (Lipinski definition) is 3. The van der Waals surface area contributed by atoms with Gasteiger partial charge in [0.1, 0.15) is 11.6 Å². The molecule has 2 aromatic carbocycles. The van der Waals surface area contributed by atoms with Crippen molar-refractivity contribution in [2.24, 2.45) is 5.73 Å². The van der Waals surface area contributed by atoms with Crippen molar-refractivity contribution in [3.05, 3.63) is 65.0 Å². The fourth-order valence-electron chi connectivity index (χ4n) is 2.51. The quantitative estimate of drug-likeness (QED) is 0.845. The van der Waals surface area contributed by atoms with Gasteiger partial charge in [-0.05, 0) is 41.5 Å². The van der Waals surface area contributed by atoms with E-state index >= 15 is 0 Å². The standard InChI is InChI=1S/C17H16FN3O3/c18-14-3-1-2-11(8-14)10-21(17(19)23)20-16(22)13-4-5-15-12(9-13)6-7-24-15/h1-5,8-9H,6-7,10H2,(H2,19,23)(H,20,22). The molecule has 6 nitrogen and oxygen atoms in total. The maximum atomic E-state index is 13.2. The summed E-state index contributed by atoms with van der Waals surface area (Å²) in [6.07, 6.45) is 0.735. The van der Waals surface area contributed by atoms with Gasteiger partial charge >= 0.3 is 6.03 Å². The monoisotopic (exact) mass is 329 g/mol. The van der Waals surface area contributed by atoms with Crippen LogP contribution in [0.4, 0.5) is 9.18 Å². The lowest BCUT2D eigenvalue weighted by Gasteiger charge is -2.21. The zero-order chi connectivity index (χ0) is 17.1. The van der Waals surface area contributed by atoms with Gasteiger partial charge in [0.05, 0.1) is 13.2 Å². The molecule has 1 aliphatic rings. The molecule has 3 N–H and O–H groups in total. The van der Waals surface area contributed by atoms with Crippen molar-refractivity contribution in [3.63, 3.8) is 0 Å². The number of ether oxygens (including phenoxy) is 1. The van der Waals surface area contributed by atoms with E-state index in [4.69, 9.17) is 10.5 Å². The number of amides is 3. The molecule has 2 aromatic rings. The Hall–Kier alpha value is -3.09. The lowest BCUT2D eigenvalue weighted by atomic mass is 10.1. The highest BCUT2D eigenvalue weighted by molar-refractivity contribution is 5.95. The van der Waals surface area contributed by atoms with Crippen LogP contribution in [-0.4, -0.2) is 23.6 Å². The number of fused-ring (bicyclic) bond motifs is 1. The number of nitrogens with two attached hydrogens (primary N) is 1. The minimum absolute atomic E-state index is 0.0348. The van der Waals surface area contributed by atoms with Crippen LogP contribution < -0.4 is 15.9 Å². The van der Waals surface area contributed by atoms with Gasteiger partial charge in [0.15, 0.2) is 0 Å². The second-order valence-electron chi connectivity index (χ2n) is 5.42. The van der Waals surface area contributed by atoms with Crippen LogP contribution in [0.25, 0.3) is 0 Å². The molecule has 1 aliphatic heterocycles. The SMILES string of the molecule is NC(=O)N(Cc1cccc(F)c1)NC(=O)c1ccc2c(c1)CCO2. The van der Waals surface area contributed by atoms with Gasteiger partial charge in [0, 0.05) is 12.0 Å². The number of nitrogens with zero attached hydrogens (tertiary/aromatic N) is 1. The van der Waals surface area contributed by atoms with Crippen molar-refractivity contribution in [1.29, 1.82) is 0 Å². The summed E-state index contributed by atoms with van der Waals surface area (Å²) >= 11 is 0. The van der Waals surface area contributed by atoms with Gasteiger partial charge in [-0.2, -0.15) is 0 Å². The van der Waals surface area contributed by atoms with Crippen LogP contribution in [0.15, 0.2) is 42.5 Å². The van der Waals surface area contributed by atoms with Crippen LogP contribution in [0.3, 0.4) is 0 Å². The largest absolute Gasteiger partial charge is 0.493 e. The molecule has 24 heavy (non-hydrogen) atoms. The van der Waals surface area contributed by atoms with E-state index in [1.807, 2.05) is 0 Å². The Balaban J connectivity index is 1.73. The maximum Gasteiger partial charge on any atom is 0.333 e. The van der Waals surface area contributed by atoms with Crippen LogP contribution in [-0.2, 0) is 13.0 Å². The van der Waals surface area contributed by atoms with Gasteiger partial charge in [0.25, 0.3) is 5.91 Å². The topological polar surface area (TPSA) is 84.7 Å². The van der Waals surface area contributed by atoms with Crippen molar-refractivity contribution >= 4 is 11.9 Å². The first-order chi connectivity index (χ1) is 11.5. The third-order valence-corrected chi connectivity index (χ3v) is 3.68. The summed E-state index contributed by atoms with van der Waals surface area (Å²) in [4.78, 5) is 23.9. The highest BCUT2D eigenvalue weighted by atomic mass is 19.1. The number of urea groups is 1. The van der Waals surface area contributed by atoms with Crippen molar-refractivity contribution < 1.29 is 18.7 Å². The molecule has 0 unspecified atom stereocenters. The number of rotatable bonds is 3. The molecule has 0 saturated carbocycles. The van der Waals surface area contributed by atoms with E-state index in [2.05, 4.69) is 5.43 Å². The summed E-state index contributed by atoms with van der Waals surface area (Å²) in [5, 5.41) is 0.945. The number of carbonyl (C=O) groups excluding carboxylic acids is 2. The second-order valence-corrected chi connectivity index (χ2v) is 5.42. The zero-order valence-electron chi connectivity index (χ0n) is 12.8. The van der Waals surface area contributed by atoms with Gasteiger partial charge in [0.2, 0.25) is 0 Å². The van der Waals surface area contributed by atoms with Gasteiger partial charge in [-0.1, -0.05) is 12.1 Å². The Morgan fingerprint density at radius 1 is 1.25 bits per heavy atom. The minimum atomic E-state index is -0.836. The molecule has 0 spiro atoms. The minimum Gasteiger partial charge on any atom is -0.493 e. The highest BCUT2D eigenvalue weighted by Crippen LogP contribution is 2.25. The number of hydrogen-bond donors (Lipinski definition) is 2. The van der Waals surface area contributed by atoms with E-state index in [9.17, 15) is 14.0 Å². The van der Waals surface area contributed by atoms with Crippen LogP contribution >= 0.6 is 0 Å². The molecule has 0 radical (unpaired) electrons. The van der Waals surface area contributed by atoms with Crippen molar-refractivity contribution in [2.45, 2.75) is 13.0 Å². The van der Waals surface area contributed by atoms with E-state index in [0.29, 0.717) is 17.7 Å². The van der Waals surface area contributed by atoms with Crippen LogP contribution in [0.1, 0.15) is 21.5 Å². The fourth-order valence-corrected chi connectivity index (χ4v) is 2.51. The summed E-state index contributed by atoms with van der Waals surface area (Å²) in [7, 11) is 0. The van der Waals surface area contributed by atoms with E-state index < -0.39 is 17.8 Å². The average Bonchev–Trinajstić information content (AvgIpc) is 3.01. The highest BCUT2D eigenvalue weighted by Gasteiger charge is 2.18. The van der Waals surface area contributed by atoms with E-state index in [0.717, 1.165) is 22.7 Å². The van der Waals surface area contributed by atoms with E-state index in [1.165, 1.54) is 18.2 Å². The van der Waals surface area contributed by atoms with Crippen LogP contribution in [0.2, 0.25) is 0 Å². The Morgan fingerprint density at radius 2 is 2.08 bits per heavy atom. The first-order valence-corrected chi connectivity index (χ1v) is 7.41. The second kappa shape index (κ2) is 6.57.